The fraction of sp³-hybridized carbons (Fsp3) is 0.600. The fourth-order valence-corrected chi connectivity index (χ4v) is 3.01. The Morgan fingerprint density at radius 1 is 1.12 bits per heavy atom. The van der Waals surface area contributed by atoms with Crippen molar-refractivity contribution in [3.63, 3.8) is 0 Å². The lowest BCUT2D eigenvalue weighted by Gasteiger charge is -2.37. The highest BCUT2D eigenvalue weighted by atomic mass is 16.3. The lowest BCUT2D eigenvalue weighted by atomic mass is 9.89. The fourth-order valence-electron chi connectivity index (χ4n) is 3.01. The van der Waals surface area contributed by atoms with Gasteiger partial charge in [0.05, 0.1) is 0 Å². The highest BCUT2D eigenvalue weighted by molar-refractivity contribution is 5.68. The standard InChI is InChI=1S/C13H17NO.C2H6/c1-9-8-10-4-2-6-14-7-3-5-11(12(10)14)13(9)15;1-2/h8,15H,2-7H2,1H3;1-2H3. The Hall–Kier alpha value is -1.18. The maximum absolute atomic E-state index is 10.1. The summed E-state index contributed by atoms with van der Waals surface area (Å²) >= 11 is 0. The molecule has 0 radical (unpaired) electrons. The van der Waals surface area contributed by atoms with Crippen LogP contribution in [-0.2, 0) is 12.8 Å². The zero-order chi connectivity index (χ0) is 12.4. The lowest BCUT2D eigenvalue weighted by molar-refractivity contribution is 0.458. The number of hydrogen-bond acceptors (Lipinski definition) is 2. The monoisotopic (exact) mass is 233 g/mol. The molecule has 1 aromatic rings. The molecule has 0 fully saturated rings. The molecular formula is C15H23NO. The van der Waals surface area contributed by atoms with Crippen molar-refractivity contribution in [2.45, 2.75) is 46.5 Å². The minimum Gasteiger partial charge on any atom is -0.507 e. The molecule has 94 valence electrons. The molecule has 1 N–H and O–H groups in total. The summed E-state index contributed by atoms with van der Waals surface area (Å²) in [4.78, 5) is 2.46. The molecule has 17 heavy (non-hydrogen) atoms. The Balaban J connectivity index is 0.000000514. The van der Waals surface area contributed by atoms with E-state index in [4.69, 9.17) is 0 Å². The van der Waals surface area contributed by atoms with Gasteiger partial charge in [0.1, 0.15) is 5.75 Å². The van der Waals surface area contributed by atoms with Gasteiger partial charge in [0.15, 0.2) is 0 Å². The first kappa shape index (κ1) is 12.3. The Kier molecular flexibility index (Phi) is 3.60. The van der Waals surface area contributed by atoms with E-state index in [1.54, 1.807) is 0 Å². The second-order valence-corrected chi connectivity index (χ2v) is 4.72. The van der Waals surface area contributed by atoms with Gasteiger partial charge in [-0.2, -0.15) is 0 Å². The molecule has 2 aliphatic heterocycles. The van der Waals surface area contributed by atoms with Gasteiger partial charge >= 0.3 is 0 Å². The van der Waals surface area contributed by atoms with Gasteiger partial charge in [-0.05, 0) is 43.7 Å². The van der Waals surface area contributed by atoms with Crippen molar-refractivity contribution in [3.05, 3.63) is 22.8 Å². The summed E-state index contributed by atoms with van der Waals surface area (Å²) in [5.41, 5.74) is 5.06. The summed E-state index contributed by atoms with van der Waals surface area (Å²) in [6, 6.07) is 2.17. The molecule has 0 amide bonds. The van der Waals surface area contributed by atoms with Gasteiger partial charge in [0.2, 0.25) is 0 Å². The van der Waals surface area contributed by atoms with Gasteiger partial charge in [-0.3, -0.25) is 0 Å². The van der Waals surface area contributed by atoms with E-state index in [1.165, 1.54) is 49.2 Å². The van der Waals surface area contributed by atoms with Crippen LogP contribution < -0.4 is 4.90 Å². The van der Waals surface area contributed by atoms with Gasteiger partial charge < -0.3 is 10.0 Å². The van der Waals surface area contributed by atoms with Crippen LogP contribution in [0.25, 0.3) is 0 Å². The number of aryl methyl sites for hydroxylation is 2. The Labute approximate surface area is 104 Å². The number of rotatable bonds is 0. The third-order valence-corrected chi connectivity index (χ3v) is 3.69. The summed E-state index contributed by atoms with van der Waals surface area (Å²) in [5, 5.41) is 10.1. The molecule has 0 bridgehead atoms. The Morgan fingerprint density at radius 3 is 2.47 bits per heavy atom. The van der Waals surface area contributed by atoms with Crippen LogP contribution in [0, 0.1) is 6.92 Å². The van der Waals surface area contributed by atoms with Crippen molar-refractivity contribution in [2.24, 2.45) is 0 Å². The quantitative estimate of drug-likeness (QED) is 0.742. The number of aromatic hydroxyl groups is 1. The van der Waals surface area contributed by atoms with Gasteiger partial charge in [-0.25, -0.2) is 0 Å². The molecule has 1 aromatic carbocycles. The van der Waals surface area contributed by atoms with Gasteiger partial charge in [0.25, 0.3) is 0 Å². The van der Waals surface area contributed by atoms with Crippen LogP contribution in [0.4, 0.5) is 5.69 Å². The second kappa shape index (κ2) is 4.99. The molecule has 0 saturated heterocycles. The second-order valence-electron chi connectivity index (χ2n) is 4.72. The average Bonchev–Trinajstić information content (AvgIpc) is 2.38. The normalized spacial score (nSPS) is 17.0. The number of phenols is 1. The topological polar surface area (TPSA) is 23.5 Å². The summed E-state index contributed by atoms with van der Waals surface area (Å²) < 4.78 is 0. The molecule has 0 saturated carbocycles. The number of nitrogens with zero attached hydrogens (tertiary/aromatic N) is 1. The molecule has 3 rings (SSSR count). The molecule has 0 spiro atoms. The highest BCUT2D eigenvalue weighted by Crippen LogP contribution is 2.41. The third kappa shape index (κ3) is 2.01. The molecular weight excluding hydrogens is 210 g/mol. The van der Waals surface area contributed by atoms with Crippen LogP contribution in [-0.4, -0.2) is 18.2 Å². The Bertz CT molecular complexity index is 410. The minimum absolute atomic E-state index is 0.542. The van der Waals surface area contributed by atoms with Gasteiger partial charge in [-0.1, -0.05) is 19.9 Å². The van der Waals surface area contributed by atoms with Crippen LogP contribution >= 0.6 is 0 Å². The van der Waals surface area contributed by atoms with Crippen molar-refractivity contribution < 1.29 is 5.11 Å². The Morgan fingerprint density at radius 2 is 1.76 bits per heavy atom. The summed E-state index contributed by atoms with van der Waals surface area (Å²) in [6.45, 7) is 8.35. The summed E-state index contributed by atoms with van der Waals surface area (Å²) in [7, 11) is 0. The molecule has 0 aliphatic carbocycles. The molecule has 2 aliphatic rings. The number of hydrogen-bond donors (Lipinski definition) is 1. The van der Waals surface area contributed by atoms with Crippen molar-refractivity contribution in [1.82, 2.24) is 0 Å². The van der Waals surface area contributed by atoms with Gasteiger partial charge in [0, 0.05) is 24.3 Å². The van der Waals surface area contributed by atoms with E-state index in [0.29, 0.717) is 5.75 Å². The number of phenolic OH excluding ortho intramolecular Hbond substituents is 1. The lowest BCUT2D eigenvalue weighted by Crippen LogP contribution is -2.34. The van der Waals surface area contributed by atoms with Crippen molar-refractivity contribution >= 4 is 5.69 Å². The number of benzene rings is 1. The first-order valence-corrected chi connectivity index (χ1v) is 6.86. The largest absolute Gasteiger partial charge is 0.507 e. The molecule has 2 heteroatoms. The highest BCUT2D eigenvalue weighted by Gasteiger charge is 2.26. The molecule has 0 atom stereocenters. The molecule has 0 aromatic heterocycles. The first-order valence-electron chi connectivity index (χ1n) is 6.86. The van der Waals surface area contributed by atoms with E-state index in [2.05, 4.69) is 11.0 Å². The summed E-state index contributed by atoms with van der Waals surface area (Å²) in [5.74, 6) is 0.542. The maximum atomic E-state index is 10.1. The molecule has 0 unspecified atom stereocenters. The van der Waals surface area contributed by atoms with Crippen molar-refractivity contribution in [1.29, 1.82) is 0 Å². The minimum atomic E-state index is 0.542. The van der Waals surface area contributed by atoms with E-state index in [0.717, 1.165) is 12.0 Å². The molecule has 2 nitrogen and oxygen atoms in total. The van der Waals surface area contributed by atoms with Crippen molar-refractivity contribution in [2.75, 3.05) is 18.0 Å². The average molecular weight is 233 g/mol. The maximum Gasteiger partial charge on any atom is 0.123 e. The number of anilines is 1. The van der Waals surface area contributed by atoms with Crippen LogP contribution in [0.1, 0.15) is 43.4 Å². The zero-order valence-corrected chi connectivity index (χ0v) is 11.2. The van der Waals surface area contributed by atoms with E-state index in [-0.39, 0.29) is 0 Å². The van der Waals surface area contributed by atoms with Crippen LogP contribution in [0.3, 0.4) is 0 Å². The van der Waals surface area contributed by atoms with E-state index in [9.17, 15) is 5.11 Å². The third-order valence-electron chi connectivity index (χ3n) is 3.69. The first-order chi connectivity index (χ1) is 8.27. The van der Waals surface area contributed by atoms with Crippen LogP contribution in [0.5, 0.6) is 5.75 Å². The van der Waals surface area contributed by atoms with Crippen LogP contribution in [0.2, 0.25) is 0 Å². The van der Waals surface area contributed by atoms with E-state index in [1.807, 2.05) is 20.8 Å². The smallest absolute Gasteiger partial charge is 0.123 e. The van der Waals surface area contributed by atoms with E-state index >= 15 is 0 Å². The van der Waals surface area contributed by atoms with Gasteiger partial charge in [-0.15, -0.1) is 0 Å². The SMILES string of the molecule is CC.Cc1cc2c3c(c1O)CCCN3CCC2. The molecule has 2 heterocycles. The predicted molar refractivity (Wildman–Crippen MR) is 73.0 cm³/mol. The summed E-state index contributed by atoms with van der Waals surface area (Å²) in [6.07, 6.45) is 4.67. The zero-order valence-electron chi connectivity index (χ0n) is 11.2. The van der Waals surface area contributed by atoms with Crippen LogP contribution in [0.15, 0.2) is 6.07 Å². The van der Waals surface area contributed by atoms with Crippen molar-refractivity contribution in [3.8, 4) is 5.75 Å². The van der Waals surface area contributed by atoms with E-state index < -0.39 is 0 Å². The predicted octanol–water partition coefficient (Wildman–Crippen LogP) is 3.43.